The van der Waals surface area contributed by atoms with Crippen LogP contribution in [0.5, 0.6) is 23.0 Å². The fourth-order valence-electron chi connectivity index (χ4n) is 6.24. The summed E-state index contributed by atoms with van der Waals surface area (Å²) in [6, 6.07) is 19.7. The highest BCUT2D eigenvalue weighted by molar-refractivity contribution is 7.51. The van der Waals surface area contributed by atoms with Gasteiger partial charge in [0.05, 0.1) is 65.0 Å². The van der Waals surface area contributed by atoms with Gasteiger partial charge in [-0.05, 0) is 81.6 Å². The van der Waals surface area contributed by atoms with E-state index in [1.807, 2.05) is 57.2 Å². The number of benzene rings is 4. The highest BCUT2D eigenvalue weighted by Gasteiger charge is 2.33. The molecule has 380 valence electrons. The Morgan fingerprint density at radius 3 is 2.25 bits per heavy atom. The number of aryl methyl sites for hydroxylation is 2. The van der Waals surface area contributed by atoms with Crippen LogP contribution in [-0.2, 0) is 36.3 Å². The molecule has 5 rings (SSSR count). The number of anilines is 2. The Bertz CT molecular complexity index is 2400. The summed E-state index contributed by atoms with van der Waals surface area (Å²) in [6.45, 7) is 10.3. The summed E-state index contributed by atoms with van der Waals surface area (Å²) < 4.78 is 69.1. The molecule has 17 nitrogen and oxygen atoms in total. The highest BCUT2D eigenvalue weighted by atomic mass is 35.5. The smallest absolute Gasteiger partial charge is 0.416 e. The number of alkyl halides is 6. The monoisotopic (exact) mass is 1070 g/mol. The maximum absolute atomic E-state index is 12.6. The van der Waals surface area contributed by atoms with Crippen LogP contribution < -0.4 is 29.3 Å². The molecule has 1 heterocycles. The summed E-state index contributed by atoms with van der Waals surface area (Å²) in [5.41, 5.74) is 2.78. The Morgan fingerprint density at radius 1 is 1.04 bits per heavy atom. The summed E-state index contributed by atoms with van der Waals surface area (Å²) >= 11 is 22.8. The zero-order valence-electron chi connectivity index (χ0n) is 38.0. The molecule has 4 N–H and O–H groups in total. The van der Waals surface area contributed by atoms with Crippen molar-refractivity contribution in [3.05, 3.63) is 111 Å². The van der Waals surface area contributed by atoms with E-state index in [1.165, 1.54) is 18.2 Å². The molecule has 0 fully saturated rings. The van der Waals surface area contributed by atoms with Gasteiger partial charge in [-0.3, -0.25) is 34.4 Å². The molecule has 0 aromatic heterocycles. The van der Waals surface area contributed by atoms with E-state index in [0.29, 0.717) is 19.0 Å². The minimum atomic E-state index is -4.52. The number of para-hydroxylation sites is 3. The van der Waals surface area contributed by atoms with E-state index in [2.05, 4.69) is 18.3 Å². The topological polar surface area (TPSA) is 228 Å². The minimum Gasteiger partial charge on any atom is -0.489 e. The SMILES string of the molecule is CC1COc2ccccc2N1C(=O)C(Cl)Cl.CCOc1cc(Oc2ccc(C(F)(F)F)cc2Cl)ccc1[N+](=O)[O-].CCc1cccc(C)c1N(C(=O)CCl)C(C)COC.O=C(O)CNCP(=O)(O)O. The van der Waals surface area contributed by atoms with E-state index in [0.717, 1.165) is 47.1 Å². The van der Waals surface area contributed by atoms with Crippen molar-refractivity contribution in [1.29, 1.82) is 0 Å². The van der Waals surface area contributed by atoms with E-state index >= 15 is 0 Å². The van der Waals surface area contributed by atoms with Gasteiger partial charge in [0.15, 0.2) is 4.84 Å². The molecule has 1 aliphatic heterocycles. The molecule has 0 saturated carbocycles. The fraction of sp³-hybridized carbons (Fsp3) is 0.386. The summed E-state index contributed by atoms with van der Waals surface area (Å²) in [5, 5.41) is 20.7. The quantitative estimate of drug-likeness (QED) is 0.0354. The van der Waals surface area contributed by atoms with Crippen LogP contribution in [0.25, 0.3) is 0 Å². The number of nitrogens with zero attached hydrogens (tertiary/aromatic N) is 3. The summed E-state index contributed by atoms with van der Waals surface area (Å²) in [5.74, 6) is -0.765. The predicted octanol–water partition coefficient (Wildman–Crippen LogP) is 10.0. The second kappa shape index (κ2) is 28.7. The van der Waals surface area contributed by atoms with Crippen molar-refractivity contribution in [3.63, 3.8) is 0 Å². The second-order valence-electron chi connectivity index (χ2n) is 14.5. The highest BCUT2D eigenvalue weighted by Crippen LogP contribution is 2.39. The van der Waals surface area contributed by atoms with Crippen molar-refractivity contribution in [3.8, 4) is 23.0 Å². The third kappa shape index (κ3) is 19.4. The number of carbonyl (C=O) groups is 3. The lowest BCUT2D eigenvalue weighted by atomic mass is 10.0. The number of rotatable bonds is 16. The number of nitrogens with one attached hydrogen (secondary N) is 1. The lowest BCUT2D eigenvalue weighted by Gasteiger charge is -2.35. The van der Waals surface area contributed by atoms with Crippen LogP contribution in [0.15, 0.2) is 78.9 Å². The Kier molecular flexibility index (Phi) is 25.0. The number of carboxylic acid groups (broad SMARTS) is 1. The standard InChI is InChI=1S/C15H11ClF3NO4.C15H22ClNO2.C11H11Cl2NO2.C3H8NO5P/c1-2-23-14-8-10(4-5-12(14)20(21)22)24-13-6-3-9(7-11(13)16)15(17,18)19;1-5-13-8-6-7-11(2)15(13)17(14(18)9-16)12(3)10-19-4;1-7-6-16-9-5-3-2-4-8(9)14(7)11(15)10(12)13;5-3(6)1-4-2-10(7,8)9/h3-8H,2H2,1H3;6-8,12H,5,9-10H2,1-4H3;2-5,7,10H,6H2,1H3;4H,1-2H2,(H,5,6)(H2,7,8,9). The van der Waals surface area contributed by atoms with Crippen molar-refractivity contribution in [2.75, 3.05) is 55.4 Å². The third-order valence-corrected chi connectivity index (χ3v) is 10.7. The normalized spacial score (nSPS) is 13.4. The fourth-order valence-corrected chi connectivity index (χ4v) is 7.20. The molecule has 0 radical (unpaired) electrons. The molecule has 4 aromatic rings. The Morgan fingerprint density at radius 2 is 1.71 bits per heavy atom. The molecule has 4 aromatic carbocycles. The number of amides is 2. The van der Waals surface area contributed by atoms with Crippen molar-refractivity contribution in [1.82, 2.24) is 5.32 Å². The summed E-state index contributed by atoms with van der Waals surface area (Å²) in [6.07, 6.45) is -4.24. The number of nitro benzene ring substituents is 1. The van der Waals surface area contributed by atoms with Gasteiger partial charge in [0.1, 0.15) is 29.7 Å². The number of halogens is 7. The molecule has 25 heteroatoms. The molecular formula is C44H52Cl4F3N4O13P. The van der Waals surface area contributed by atoms with Gasteiger partial charge < -0.3 is 43.6 Å². The van der Waals surface area contributed by atoms with Crippen LogP contribution in [0.3, 0.4) is 0 Å². The molecular weight excluding hydrogens is 1020 g/mol. The van der Waals surface area contributed by atoms with Gasteiger partial charge in [-0.15, -0.1) is 11.6 Å². The number of carboxylic acids is 1. The molecule has 69 heavy (non-hydrogen) atoms. The van der Waals surface area contributed by atoms with Gasteiger partial charge in [-0.2, -0.15) is 13.2 Å². The number of hydrogen-bond donors (Lipinski definition) is 4. The number of nitro groups is 1. The first-order valence-corrected chi connectivity index (χ1v) is 24.1. The zero-order chi connectivity index (χ0) is 52.2. The van der Waals surface area contributed by atoms with Crippen molar-refractivity contribution in [2.45, 2.75) is 64.1 Å². The van der Waals surface area contributed by atoms with Crippen LogP contribution in [-0.4, -0.2) is 100 Å². The summed E-state index contributed by atoms with van der Waals surface area (Å²) in [7, 11) is -2.46. The first-order valence-electron chi connectivity index (χ1n) is 20.5. The van der Waals surface area contributed by atoms with E-state index in [4.69, 9.17) is 80.2 Å². The molecule has 0 aliphatic carbocycles. The second-order valence-corrected chi connectivity index (χ2v) is 17.9. The lowest BCUT2D eigenvalue weighted by Crippen LogP contribution is -2.47. The predicted molar refractivity (Wildman–Crippen MR) is 258 cm³/mol. The number of carbonyl (C=O) groups excluding carboxylic acids is 2. The van der Waals surface area contributed by atoms with Gasteiger partial charge in [0.25, 0.3) is 5.91 Å². The van der Waals surface area contributed by atoms with Gasteiger partial charge in [-0.25, -0.2) is 0 Å². The summed E-state index contributed by atoms with van der Waals surface area (Å²) in [4.78, 5) is 62.8. The van der Waals surface area contributed by atoms with E-state index < -0.39 is 47.9 Å². The molecule has 2 atom stereocenters. The van der Waals surface area contributed by atoms with Crippen molar-refractivity contribution in [2.24, 2.45) is 0 Å². The number of fused-ring (bicyclic) bond motifs is 1. The van der Waals surface area contributed by atoms with Crippen LogP contribution >= 0.6 is 54.0 Å². The lowest BCUT2D eigenvalue weighted by molar-refractivity contribution is -0.385. The number of aliphatic carboxylic acids is 1. The maximum Gasteiger partial charge on any atom is 0.416 e. The minimum absolute atomic E-state index is 0.0111. The van der Waals surface area contributed by atoms with Crippen LogP contribution in [0.2, 0.25) is 5.02 Å². The first-order chi connectivity index (χ1) is 32.3. The molecule has 0 saturated heterocycles. The van der Waals surface area contributed by atoms with Gasteiger partial charge in [0.2, 0.25) is 11.7 Å². The Balaban J connectivity index is 0.000000329. The van der Waals surface area contributed by atoms with Gasteiger partial charge >= 0.3 is 25.4 Å². The molecule has 1 aliphatic rings. The van der Waals surface area contributed by atoms with Crippen LogP contribution in [0.4, 0.5) is 30.2 Å². The number of hydrogen-bond acceptors (Lipinski definition) is 11. The van der Waals surface area contributed by atoms with Crippen LogP contribution in [0, 0.1) is 17.0 Å². The number of methoxy groups -OCH3 is 1. The van der Waals surface area contributed by atoms with Gasteiger partial charge in [-0.1, -0.05) is 72.1 Å². The first kappa shape index (κ1) is 60.2. The van der Waals surface area contributed by atoms with Crippen molar-refractivity contribution < 1.29 is 70.9 Å². The van der Waals surface area contributed by atoms with Gasteiger partial charge in [0, 0.05) is 19.2 Å². The zero-order valence-corrected chi connectivity index (χ0v) is 42.0. The van der Waals surface area contributed by atoms with E-state index in [-0.39, 0.29) is 64.3 Å². The van der Waals surface area contributed by atoms with Crippen molar-refractivity contribution >= 4 is 88.8 Å². The Labute approximate surface area is 416 Å². The van der Waals surface area contributed by atoms with Crippen LogP contribution in [0.1, 0.15) is 44.4 Å². The van der Waals surface area contributed by atoms with E-state index in [1.54, 1.807) is 23.8 Å². The Hall–Kier alpha value is -4.89. The largest absolute Gasteiger partial charge is 0.489 e. The third-order valence-electron chi connectivity index (χ3n) is 9.15. The number of ether oxygens (including phenoxy) is 4. The average Bonchev–Trinajstić information content (AvgIpc) is 3.27. The van der Waals surface area contributed by atoms with E-state index in [9.17, 15) is 42.2 Å². The molecule has 2 amide bonds. The molecule has 0 spiro atoms. The molecule has 2 unspecified atom stereocenters. The molecule has 0 bridgehead atoms. The average molecular weight is 1070 g/mol. The maximum atomic E-state index is 12.6.